The lowest BCUT2D eigenvalue weighted by Crippen LogP contribution is -2.30. The highest BCUT2D eigenvalue weighted by molar-refractivity contribution is 8.00. The third-order valence-corrected chi connectivity index (χ3v) is 9.35. The van der Waals surface area contributed by atoms with Crippen LogP contribution in [-0.4, -0.2) is 34.3 Å². The molecule has 5 rings (SSSR count). The molecular weight excluding hydrogens is 689 g/mol. The SMILES string of the molecule is Cc1c(C(=O)Nc2ccccc2)sc(NC(=O)CSc2cccc(NC(=O)/C(=C\c3ccc([N+](=O)[O-])cc3)NC(=O)c3ccccc3)c2)c1C#N. The number of anilines is 3. The molecule has 0 bridgehead atoms. The van der Waals surface area contributed by atoms with Gasteiger partial charge in [0, 0.05) is 34.0 Å². The summed E-state index contributed by atoms with van der Waals surface area (Å²) in [6.45, 7) is 1.65. The van der Waals surface area contributed by atoms with Gasteiger partial charge in [-0.3, -0.25) is 29.3 Å². The number of nitro groups is 1. The highest BCUT2D eigenvalue weighted by atomic mass is 32.2. The molecular formula is C37H28N6O6S2. The molecule has 4 N–H and O–H groups in total. The molecule has 0 aliphatic carbocycles. The summed E-state index contributed by atoms with van der Waals surface area (Å²) < 4.78 is 0. The second-order valence-corrected chi connectivity index (χ2v) is 12.8. The van der Waals surface area contributed by atoms with Gasteiger partial charge in [-0.05, 0) is 78.7 Å². The normalized spacial score (nSPS) is 10.8. The van der Waals surface area contributed by atoms with Crippen molar-refractivity contribution >= 4 is 74.9 Å². The second kappa shape index (κ2) is 16.7. The molecule has 0 unspecified atom stereocenters. The zero-order valence-corrected chi connectivity index (χ0v) is 28.5. The summed E-state index contributed by atoms with van der Waals surface area (Å²) in [5.74, 6) is -2.01. The molecule has 1 aromatic heterocycles. The Hall–Kier alpha value is -6.56. The predicted octanol–water partition coefficient (Wildman–Crippen LogP) is 7.23. The zero-order valence-electron chi connectivity index (χ0n) is 26.8. The van der Waals surface area contributed by atoms with Crippen LogP contribution >= 0.6 is 23.1 Å². The van der Waals surface area contributed by atoms with Gasteiger partial charge in [0.2, 0.25) is 5.91 Å². The molecule has 14 heteroatoms. The van der Waals surface area contributed by atoms with Gasteiger partial charge < -0.3 is 21.3 Å². The van der Waals surface area contributed by atoms with Crippen molar-refractivity contribution in [2.24, 2.45) is 0 Å². The molecule has 0 aliphatic rings. The van der Waals surface area contributed by atoms with E-state index in [1.54, 1.807) is 85.8 Å². The Balaban J connectivity index is 1.25. The first-order chi connectivity index (χ1) is 24.6. The topological polar surface area (TPSA) is 183 Å². The molecule has 0 spiro atoms. The standard InChI is InChI=1S/C37H28N6O6S2/c1-23-30(21-38)37(51-33(23)36(47)39-26-11-6-3-7-12-26)42-32(44)22-50-29-14-8-13-27(20-29)40-35(46)31(41-34(45)25-9-4-2-5-10-25)19-24-15-17-28(18-16-24)43(48)49/h2-20H,22H2,1H3,(H,39,47)(H,40,46)(H,41,45)(H,42,44)/b31-19+. The summed E-state index contributed by atoms with van der Waals surface area (Å²) in [7, 11) is 0. The molecule has 12 nitrogen and oxygen atoms in total. The smallest absolute Gasteiger partial charge is 0.272 e. The van der Waals surface area contributed by atoms with Crippen LogP contribution in [0.2, 0.25) is 0 Å². The van der Waals surface area contributed by atoms with Gasteiger partial charge in [-0.25, -0.2) is 0 Å². The van der Waals surface area contributed by atoms with Crippen LogP contribution in [0, 0.1) is 28.4 Å². The minimum atomic E-state index is -0.651. The van der Waals surface area contributed by atoms with Crippen molar-refractivity contribution in [1.29, 1.82) is 5.26 Å². The summed E-state index contributed by atoms with van der Waals surface area (Å²) >= 11 is 2.20. The van der Waals surface area contributed by atoms with Crippen LogP contribution in [0.5, 0.6) is 0 Å². The van der Waals surface area contributed by atoms with E-state index in [1.807, 2.05) is 6.07 Å². The largest absolute Gasteiger partial charge is 0.321 e. The van der Waals surface area contributed by atoms with Crippen LogP contribution in [0.25, 0.3) is 6.08 Å². The lowest BCUT2D eigenvalue weighted by Gasteiger charge is -2.12. The van der Waals surface area contributed by atoms with E-state index < -0.39 is 22.6 Å². The van der Waals surface area contributed by atoms with E-state index in [2.05, 4.69) is 27.3 Å². The van der Waals surface area contributed by atoms with Gasteiger partial charge in [0.25, 0.3) is 23.4 Å². The van der Waals surface area contributed by atoms with Crippen molar-refractivity contribution in [3.8, 4) is 6.07 Å². The molecule has 0 fully saturated rings. The number of carbonyl (C=O) groups is 4. The van der Waals surface area contributed by atoms with Gasteiger partial charge in [0.05, 0.1) is 21.1 Å². The number of nitrogens with one attached hydrogen (secondary N) is 4. The number of nitriles is 1. The van der Waals surface area contributed by atoms with Gasteiger partial charge in [-0.2, -0.15) is 5.26 Å². The lowest BCUT2D eigenvalue weighted by atomic mass is 10.1. The van der Waals surface area contributed by atoms with E-state index in [1.165, 1.54) is 42.1 Å². The first-order valence-corrected chi connectivity index (χ1v) is 17.0. The van der Waals surface area contributed by atoms with E-state index in [9.17, 15) is 34.6 Å². The van der Waals surface area contributed by atoms with Crippen LogP contribution in [0.4, 0.5) is 22.1 Å². The lowest BCUT2D eigenvalue weighted by molar-refractivity contribution is -0.384. The fourth-order valence-corrected chi connectivity index (χ4v) is 6.46. The summed E-state index contributed by atoms with van der Waals surface area (Å²) in [5.41, 5.74) is 2.18. The minimum Gasteiger partial charge on any atom is -0.321 e. The van der Waals surface area contributed by atoms with E-state index in [4.69, 9.17) is 0 Å². The maximum absolute atomic E-state index is 13.5. The van der Waals surface area contributed by atoms with Crippen LogP contribution in [0.3, 0.4) is 0 Å². The molecule has 0 atom stereocenters. The predicted molar refractivity (Wildman–Crippen MR) is 198 cm³/mol. The van der Waals surface area contributed by atoms with Gasteiger partial charge >= 0.3 is 0 Å². The van der Waals surface area contributed by atoms with E-state index in [0.717, 1.165) is 11.3 Å². The van der Waals surface area contributed by atoms with E-state index in [0.29, 0.717) is 37.8 Å². The highest BCUT2D eigenvalue weighted by Gasteiger charge is 2.22. The monoisotopic (exact) mass is 716 g/mol. The fraction of sp³-hybridized carbons (Fsp3) is 0.0541. The van der Waals surface area contributed by atoms with Crippen LogP contribution in [0.15, 0.2) is 120 Å². The van der Waals surface area contributed by atoms with E-state index in [-0.39, 0.29) is 33.6 Å². The van der Waals surface area contributed by atoms with Crippen molar-refractivity contribution in [1.82, 2.24) is 5.32 Å². The first-order valence-electron chi connectivity index (χ1n) is 15.2. The number of non-ortho nitro benzene ring substituents is 1. The Bertz CT molecular complexity index is 2180. The Kier molecular flexibility index (Phi) is 11.7. The van der Waals surface area contributed by atoms with Crippen molar-refractivity contribution in [2.45, 2.75) is 11.8 Å². The molecule has 0 radical (unpaired) electrons. The number of nitro benzene ring substituents is 1. The number of amides is 4. The molecule has 4 amide bonds. The number of benzene rings is 4. The van der Waals surface area contributed by atoms with Gasteiger partial charge in [0.15, 0.2) is 0 Å². The number of carbonyl (C=O) groups excluding carboxylic acids is 4. The van der Waals surface area contributed by atoms with Gasteiger partial charge in [0.1, 0.15) is 16.8 Å². The van der Waals surface area contributed by atoms with Crippen molar-refractivity contribution in [2.75, 3.05) is 21.7 Å². The molecule has 1 heterocycles. The molecule has 0 aliphatic heterocycles. The average molecular weight is 717 g/mol. The Morgan fingerprint density at radius 2 is 1.51 bits per heavy atom. The number of hydrogen-bond donors (Lipinski definition) is 4. The summed E-state index contributed by atoms with van der Waals surface area (Å²) in [5, 5.41) is 32.0. The van der Waals surface area contributed by atoms with Crippen LogP contribution < -0.4 is 21.3 Å². The van der Waals surface area contributed by atoms with E-state index >= 15 is 0 Å². The quantitative estimate of drug-likeness (QED) is 0.0451. The second-order valence-electron chi connectivity index (χ2n) is 10.7. The maximum atomic E-state index is 13.5. The maximum Gasteiger partial charge on any atom is 0.272 e. The van der Waals surface area contributed by atoms with Crippen molar-refractivity contribution < 1.29 is 24.1 Å². The fourth-order valence-electron chi connectivity index (χ4n) is 4.64. The molecule has 51 heavy (non-hydrogen) atoms. The molecule has 254 valence electrons. The Labute approximate surface area is 300 Å². The number of hydrogen-bond acceptors (Lipinski definition) is 9. The van der Waals surface area contributed by atoms with Gasteiger partial charge in [-0.15, -0.1) is 23.1 Å². The molecule has 5 aromatic rings. The van der Waals surface area contributed by atoms with Crippen LogP contribution in [0.1, 0.15) is 36.7 Å². The van der Waals surface area contributed by atoms with Gasteiger partial charge in [-0.1, -0.05) is 42.5 Å². The Morgan fingerprint density at radius 1 is 0.843 bits per heavy atom. The molecule has 0 saturated heterocycles. The summed E-state index contributed by atoms with van der Waals surface area (Å²) in [4.78, 5) is 63.7. The van der Waals surface area contributed by atoms with Crippen molar-refractivity contribution in [3.63, 3.8) is 0 Å². The molecule has 0 saturated carbocycles. The zero-order chi connectivity index (χ0) is 36.3. The minimum absolute atomic E-state index is 0.0385. The van der Waals surface area contributed by atoms with Crippen LogP contribution in [-0.2, 0) is 9.59 Å². The number of para-hydroxylation sites is 1. The number of rotatable bonds is 12. The third-order valence-electron chi connectivity index (χ3n) is 7.15. The first kappa shape index (κ1) is 35.7. The van der Waals surface area contributed by atoms with Crippen molar-refractivity contribution in [3.05, 3.63) is 152 Å². The molecule has 4 aromatic carbocycles. The summed E-state index contributed by atoms with van der Waals surface area (Å²) in [6.07, 6.45) is 1.40. The number of thioether (sulfide) groups is 1. The number of thiophene rings is 1. The average Bonchev–Trinajstić information content (AvgIpc) is 3.45. The number of nitrogens with zero attached hydrogens (tertiary/aromatic N) is 2. The Morgan fingerprint density at radius 3 is 2.18 bits per heavy atom. The third kappa shape index (κ3) is 9.54. The summed E-state index contributed by atoms with van der Waals surface area (Å²) in [6, 6.07) is 31.5. The highest BCUT2D eigenvalue weighted by Crippen LogP contribution is 2.33.